The molecule has 2 heterocycles. The summed E-state index contributed by atoms with van der Waals surface area (Å²) in [4.78, 5) is 32.2. The molecule has 2 aromatic heterocycles. The predicted octanol–water partition coefficient (Wildman–Crippen LogP) is 3.51. The Labute approximate surface area is 183 Å². The molecule has 0 saturated heterocycles. The van der Waals surface area contributed by atoms with E-state index in [0.29, 0.717) is 11.1 Å². The fraction of sp³-hybridized carbons (Fsp3) is 0.318. The lowest BCUT2D eigenvalue weighted by atomic mass is 10.0. The maximum Gasteiger partial charge on any atom is 0.276 e. The Hall–Kier alpha value is -3.20. The van der Waals surface area contributed by atoms with E-state index >= 15 is 0 Å². The van der Waals surface area contributed by atoms with Crippen LogP contribution in [0.3, 0.4) is 0 Å². The molecule has 0 bridgehead atoms. The molecular weight excluding hydrogens is 417 g/mol. The Kier molecular flexibility index (Phi) is 6.61. The van der Waals surface area contributed by atoms with Crippen molar-refractivity contribution in [2.24, 2.45) is 0 Å². The number of pyridine rings is 1. The maximum absolute atomic E-state index is 14.5. The molecule has 1 fully saturated rings. The number of benzene rings is 1. The molecule has 160 valence electrons. The van der Waals surface area contributed by atoms with Gasteiger partial charge in [0.2, 0.25) is 5.91 Å². The standard InChI is InChI=1S/C22H22FN5O2S/c23-18-8-4-1-5-16(18)13-28(22(30)19-14-31-27-26-19)20(15-9-11-24-12-10-15)21(29)25-17-6-2-3-7-17/h1,4-5,8-12,14,17,20H,2-3,6-7,13H2,(H,25,29)/t20-/m1/s1. The number of rotatable bonds is 7. The second-order valence-corrected chi connectivity index (χ2v) is 8.10. The number of hydrogen-bond donors (Lipinski definition) is 1. The van der Waals surface area contributed by atoms with Crippen LogP contribution < -0.4 is 5.32 Å². The minimum absolute atomic E-state index is 0.0724. The summed E-state index contributed by atoms with van der Waals surface area (Å²) >= 11 is 1.04. The fourth-order valence-corrected chi connectivity index (χ4v) is 4.29. The topological polar surface area (TPSA) is 88.1 Å². The van der Waals surface area contributed by atoms with Crippen molar-refractivity contribution >= 4 is 23.3 Å². The number of amides is 2. The third-order valence-electron chi connectivity index (χ3n) is 5.42. The monoisotopic (exact) mass is 439 g/mol. The fourth-order valence-electron chi connectivity index (χ4n) is 3.86. The summed E-state index contributed by atoms with van der Waals surface area (Å²) in [7, 11) is 0. The molecule has 1 aliphatic carbocycles. The molecule has 7 nitrogen and oxygen atoms in total. The zero-order valence-electron chi connectivity index (χ0n) is 16.8. The summed E-state index contributed by atoms with van der Waals surface area (Å²) in [6.07, 6.45) is 7.08. The van der Waals surface area contributed by atoms with E-state index in [4.69, 9.17) is 0 Å². The number of nitrogens with zero attached hydrogens (tertiary/aromatic N) is 4. The van der Waals surface area contributed by atoms with Gasteiger partial charge in [-0.3, -0.25) is 14.6 Å². The number of halogens is 1. The van der Waals surface area contributed by atoms with Gasteiger partial charge in [-0.15, -0.1) is 5.10 Å². The third kappa shape index (κ3) is 4.93. The van der Waals surface area contributed by atoms with E-state index < -0.39 is 17.8 Å². The highest BCUT2D eigenvalue weighted by atomic mass is 32.1. The molecule has 31 heavy (non-hydrogen) atoms. The molecule has 0 radical (unpaired) electrons. The molecule has 1 atom stereocenters. The third-order valence-corrected chi connectivity index (χ3v) is 5.93. The van der Waals surface area contributed by atoms with Gasteiger partial charge in [0, 0.05) is 29.4 Å². The van der Waals surface area contributed by atoms with Gasteiger partial charge in [-0.2, -0.15) is 0 Å². The normalized spacial score (nSPS) is 14.9. The number of aromatic nitrogens is 3. The van der Waals surface area contributed by atoms with Gasteiger partial charge < -0.3 is 10.2 Å². The molecule has 0 aliphatic heterocycles. The van der Waals surface area contributed by atoms with Gasteiger partial charge in [0.1, 0.15) is 11.9 Å². The van der Waals surface area contributed by atoms with Gasteiger partial charge in [0.05, 0.1) is 6.54 Å². The summed E-state index contributed by atoms with van der Waals surface area (Å²) in [6, 6.07) is 8.73. The molecule has 2 amide bonds. The summed E-state index contributed by atoms with van der Waals surface area (Å²) in [6.45, 7) is -0.0892. The molecule has 1 N–H and O–H groups in total. The molecule has 0 unspecified atom stereocenters. The predicted molar refractivity (Wildman–Crippen MR) is 114 cm³/mol. The summed E-state index contributed by atoms with van der Waals surface area (Å²) in [5.41, 5.74) is 1.03. The molecule has 4 rings (SSSR count). The van der Waals surface area contributed by atoms with Gasteiger partial charge >= 0.3 is 0 Å². The van der Waals surface area contributed by atoms with E-state index in [1.54, 1.807) is 42.7 Å². The van der Waals surface area contributed by atoms with Crippen molar-refractivity contribution in [3.05, 3.63) is 76.8 Å². The van der Waals surface area contributed by atoms with Gasteiger partial charge in [-0.1, -0.05) is 35.5 Å². The van der Waals surface area contributed by atoms with Crippen LogP contribution in [0.5, 0.6) is 0 Å². The maximum atomic E-state index is 14.5. The van der Waals surface area contributed by atoms with Crippen LogP contribution in [0, 0.1) is 5.82 Å². The number of carbonyl (C=O) groups excluding carboxylic acids is 2. The van der Waals surface area contributed by atoms with Crippen LogP contribution in [0.4, 0.5) is 4.39 Å². The van der Waals surface area contributed by atoms with Crippen molar-refractivity contribution in [3.63, 3.8) is 0 Å². The van der Waals surface area contributed by atoms with E-state index in [1.807, 2.05) is 0 Å². The molecule has 1 aromatic carbocycles. The van der Waals surface area contributed by atoms with Crippen molar-refractivity contribution in [3.8, 4) is 0 Å². The van der Waals surface area contributed by atoms with Crippen LogP contribution in [0.2, 0.25) is 0 Å². The zero-order valence-corrected chi connectivity index (χ0v) is 17.6. The minimum Gasteiger partial charge on any atom is -0.351 e. The first-order chi connectivity index (χ1) is 15.1. The second-order valence-electron chi connectivity index (χ2n) is 7.49. The highest BCUT2D eigenvalue weighted by Crippen LogP contribution is 2.27. The van der Waals surface area contributed by atoms with Crippen molar-refractivity contribution < 1.29 is 14.0 Å². The highest BCUT2D eigenvalue weighted by Gasteiger charge is 2.35. The second kappa shape index (κ2) is 9.74. The Morgan fingerprint density at radius 3 is 2.58 bits per heavy atom. The Bertz CT molecular complexity index is 1030. The Morgan fingerprint density at radius 1 is 1.16 bits per heavy atom. The Morgan fingerprint density at radius 2 is 1.90 bits per heavy atom. The van der Waals surface area contributed by atoms with E-state index in [1.165, 1.54) is 16.3 Å². The van der Waals surface area contributed by atoms with Crippen molar-refractivity contribution in [1.29, 1.82) is 0 Å². The van der Waals surface area contributed by atoms with E-state index in [2.05, 4.69) is 19.9 Å². The van der Waals surface area contributed by atoms with E-state index in [9.17, 15) is 14.0 Å². The van der Waals surface area contributed by atoms with Crippen LogP contribution in [0.1, 0.15) is 53.3 Å². The Balaban J connectivity index is 1.73. The average Bonchev–Trinajstić information content (AvgIpc) is 3.49. The van der Waals surface area contributed by atoms with Crippen LogP contribution in [-0.2, 0) is 11.3 Å². The summed E-state index contributed by atoms with van der Waals surface area (Å²) < 4.78 is 18.2. The van der Waals surface area contributed by atoms with Crippen LogP contribution in [-0.4, -0.2) is 37.3 Å². The van der Waals surface area contributed by atoms with Gasteiger partial charge in [-0.05, 0) is 48.1 Å². The van der Waals surface area contributed by atoms with Crippen molar-refractivity contribution in [2.45, 2.75) is 44.3 Å². The molecule has 1 saturated carbocycles. The van der Waals surface area contributed by atoms with Crippen molar-refractivity contribution in [2.75, 3.05) is 0 Å². The molecule has 3 aromatic rings. The van der Waals surface area contributed by atoms with E-state index in [-0.39, 0.29) is 24.2 Å². The molecule has 9 heteroatoms. The van der Waals surface area contributed by atoms with Crippen molar-refractivity contribution in [1.82, 2.24) is 24.8 Å². The zero-order chi connectivity index (χ0) is 21.6. The quantitative estimate of drug-likeness (QED) is 0.609. The molecule has 1 aliphatic rings. The first-order valence-electron chi connectivity index (χ1n) is 10.1. The summed E-state index contributed by atoms with van der Waals surface area (Å²) in [5, 5.41) is 8.48. The molecule has 0 spiro atoms. The largest absolute Gasteiger partial charge is 0.351 e. The first-order valence-corrected chi connectivity index (χ1v) is 11.0. The highest BCUT2D eigenvalue weighted by molar-refractivity contribution is 7.03. The first kappa shape index (κ1) is 21.0. The van der Waals surface area contributed by atoms with E-state index in [0.717, 1.165) is 37.2 Å². The molecular formula is C22H22FN5O2S. The van der Waals surface area contributed by atoms with Gasteiger partial charge in [-0.25, -0.2) is 4.39 Å². The number of hydrogen-bond acceptors (Lipinski definition) is 6. The number of carbonyl (C=O) groups is 2. The number of nitrogens with one attached hydrogen (secondary N) is 1. The van der Waals surface area contributed by atoms with Crippen LogP contribution >= 0.6 is 11.5 Å². The van der Waals surface area contributed by atoms with Gasteiger partial charge in [0.15, 0.2) is 5.69 Å². The SMILES string of the molecule is O=C(NC1CCCC1)[C@@H](c1ccncc1)N(Cc1ccccc1F)C(=O)c1csnn1. The average molecular weight is 440 g/mol. The van der Waals surface area contributed by atoms with Crippen LogP contribution in [0.15, 0.2) is 54.2 Å². The lowest BCUT2D eigenvalue weighted by Gasteiger charge is -2.32. The summed E-state index contributed by atoms with van der Waals surface area (Å²) in [5.74, 6) is -1.23. The minimum atomic E-state index is -0.961. The smallest absolute Gasteiger partial charge is 0.276 e. The lowest BCUT2D eigenvalue weighted by molar-refractivity contribution is -0.126. The van der Waals surface area contributed by atoms with Crippen LogP contribution in [0.25, 0.3) is 0 Å². The lowest BCUT2D eigenvalue weighted by Crippen LogP contribution is -2.46. The van der Waals surface area contributed by atoms with Gasteiger partial charge in [0.25, 0.3) is 5.91 Å².